The second kappa shape index (κ2) is 3.05. The summed E-state index contributed by atoms with van der Waals surface area (Å²) in [5, 5.41) is 0. The van der Waals surface area contributed by atoms with Crippen LogP contribution in [-0.2, 0) is 6.42 Å². The lowest BCUT2D eigenvalue weighted by Gasteiger charge is -2.28. The third kappa shape index (κ3) is 1.20. The van der Waals surface area contributed by atoms with E-state index in [1.807, 2.05) is 13.2 Å². The van der Waals surface area contributed by atoms with Gasteiger partial charge < -0.3 is 4.90 Å². The highest BCUT2D eigenvalue weighted by Gasteiger charge is 2.19. The van der Waals surface area contributed by atoms with Crippen molar-refractivity contribution in [2.45, 2.75) is 6.42 Å². The van der Waals surface area contributed by atoms with Gasteiger partial charge in [-0.25, -0.2) is 9.97 Å². The van der Waals surface area contributed by atoms with Gasteiger partial charge in [0.1, 0.15) is 12.1 Å². The van der Waals surface area contributed by atoms with Crippen LogP contribution in [0.1, 0.15) is 11.1 Å². The molecule has 15 heavy (non-hydrogen) atoms. The lowest BCUT2D eigenvalue weighted by molar-refractivity contribution is 0.974. The molecule has 1 aliphatic rings. The number of para-hydroxylation sites is 1. The first kappa shape index (κ1) is 8.41. The molecule has 3 nitrogen and oxygen atoms in total. The summed E-state index contributed by atoms with van der Waals surface area (Å²) in [6, 6.07) is 8.41. The summed E-state index contributed by atoms with van der Waals surface area (Å²) >= 11 is 0. The first-order valence-electron chi connectivity index (χ1n) is 4.97. The summed E-state index contributed by atoms with van der Waals surface area (Å²) in [7, 11) is 2.05. The van der Waals surface area contributed by atoms with Gasteiger partial charge in [-0.3, -0.25) is 0 Å². The zero-order valence-electron chi connectivity index (χ0n) is 8.51. The average molecular weight is 197 g/mol. The van der Waals surface area contributed by atoms with E-state index >= 15 is 0 Å². The number of benzene rings is 1. The minimum atomic E-state index is 0.927. The van der Waals surface area contributed by atoms with Crippen molar-refractivity contribution < 1.29 is 0 Å². The Morgan fingerprint density at radius 1 is 1.20 bits per heavy atom. The normalized spacial score (nSPS) is 13.3. The van der Waals surface area contributed by atoms with Gasteiger partial charge in [0.15, 0.2) is 0 Å². The molecule has 0 fully saturated rings. The minimum Gasteiger partial charge on any atom is -0.329 e. The second-order valence-electron chi connectivity index (χ2n) is 3.74. The van der Waals surface area contributed by atoms with E-state index in [1.54, 1.807) is 6.33 Å². The number of fused-ring (bicyclic) bond motifs is 2. The molecule has 3 rings (SSSR count). The maximum atomic E-state index is 4.31. The Kier molecular flexibility index (Phi) is 1.71. The first-order chi connectivity index (χ1) is 7.36. The zero-order chi connectivity index (χ0) is 10.3. The van der Waals surface area contributed by atoms with E-state index in [0.29, 0.717) is 0 Å². The van der Waals surface area contributed by atoms with E-state index in [2.05, 4.69) is 39.1 Å². The molecule has 0 saturated heterocycles. The molecule has 1 aromatic heterocycles. The molecule has 0 atom stereocenters. The summed E-state index contributed by atoms with van der Waals surface area (Å²) < 4.78 is 0. The Bertz CT molecular complexity index is 462. The molecule has 2 aromatic rings. The molecule has 0 saturated carbocycles. The molecule has 0 spiro atoms. The maximum Gasteiger partial charge on any atom is 0.139 e. The van der Waals surface area contributed by atoms with Crippen LogP contribution in [0.4, 0.5) is 11.5 Å². The monoisotopic (exact) mass is 197 g/mol. The molecule has 0 unspecified atom stereocenters. The maximum absolute atomic E-state index is 4.31. The fourth-order valence-electron chi connectivity index (χ4n) is 2.09. The van der Waals surface area contributed by atoms with Crippen LogP contribution in [0.2, 0.25) is 0 Å². The van der Waals surface area contributed by atoms with Gasteiger partial charge in [-0.1, -0.05) is 18.2 Å². The van der Waals surface area contributed by atoms with Crippen LogP contribution in [0.3, 0.4) is 0 Å². The highest BCUT2D eigenvalue weighted by atomic mass is 15.2. The Morgan fingerprint density at radius 2 is 2.07 bits per heavy atom. The van der Waals surface area contributed by atoms with E-state index in [-0.39, 0.29) is 0 Å². The van der Waals surface area contributed by atoms with Crippen LogP contribution in [0.15, 0.2) is 36.8 Å². The molecule has 0 bridgehead atoms. The van der Waals surface area contributed by atoms with Crippen LogP contribution >= 0.6 is 0 Å². The third-order valence-corrected chi connectivity index (χ3v) is 2.82. The van der Waals surface area contributed by atoms with Gasteiger partial charge in [0.2, 0.25) is 0 Å². The van der Waals surface area contributed by atoms with Crippen LogP contribution in [0.5, 0.6) is 0 Å². The van der Waals surface area contributed by atoms with Crippen molar-refractivity contribution >= 4 is 11.5 Å². The molecule has 0 amide bonds. The van der Waals surface area contributed by atoms with Crippen LogP contribution < -0.4 is 4.90 Å². The zero-order valence-corrected chi connectivity index (χ0v) is 8.51. The molecule has 2 heterocycles. The van der Waals surface area contributed by atoms with Gasteiger partial charge in [-0.15, -0.1) is 0 Å². The molecule has 1 aromatic carbocycles. The van der Waals surface area contributed by atoms with E-state index < -0.39 is 0 Å². The quantitative estimate of drug-likeness (QED) is 0.648. The molecule has 3 heteroatoms. The van der Waals surface area contributed by atoms with Crippen molar-refractivity contribution in [3.63, 3.8) is 0 Å². The molecular formula is C12H11N3. The Labute approximate surface area is 88.4 Å². The Hall–Kier alpha value is -1.90. The van der Waals surface area contributed by atoms with Gasteiger partial charge in [-0.2, -0.15) is 0 Å². The predicted octanol–water partition coefficient (Wildman–Crippen LogP) is 2.15. The fourth-order valence-corrected chi connectivity index (χ4v) is 2.09. The summed E-state index contributed by atoms with van der Waals surface area (Å²) in [5.41, 5.74) is 3.77. The van der Waals surface area contributed by atoms with Crippen molar-refractivity contribution in [1.82, 2.24) is 9.97 Å². The highest BCUT2D eigenvalue weighted by molar-refractivity contribution is 5.70. The van der Waals surface area contributed by atoms with Gasteiger partial charge in [0.25, 0.3) is 0 Å². The van der Waals surface area contributed by atoms with Crippen LogP contribution in [0.25, 0.3) is 0 Å². The first-order valence-corrected chi connectivity index (χ1v) is 4.97. The number of hydrogen-bond donors (Lipinski definition) is 0. The largest absolute Gasteiger partial charge is 0.329 e. The molecule has 74 valence electrons. The number of hydrogen-bond acceptors (Lipinski definition) is 3. The van der Waals surface area contributed by atoms with Crippen molar-refractivity contribution in [3.05, 3.63) is 47.9 Å². The van der Waals surface area contributed by atoms with Crippen molar-refractivity contribution in [2.24, 2.45) is 0 Å². The number of anilines is 2. The smallest absolute Gasteiger partial charge is 0.139 e. The van der Waals surface area contributed by atoms with Gasteiger partial charge >= 0.3 is 0 Å². The Balaban J connectivity index is 2.20. The van der Waals surface area contributed by atoms with E-state index in [4.69, 9.17) is 0 Å². The molecule has 0 aliphatic carbocycles. The van der Waals surface area contributed by atoms with E-state index in [1.165, 1.54) is 16.8 Å². The highest BCUT2D eigenvalue weighted by Crippen LogP contribution is 2.34. The predicted molar refractivity (Wildman–Crippen MR) is 59.3 cm³/mol. The lowest BCUT2D eigenvalue weighted by atomic mass is 10.00. The number of rotatable bonds is 0. The molecular weight excluding hydrogens is 186 g/mol. The summed E-state index contributed by atoms with van der Waals surface area (Å²) in [6.45, 7) is 0. The van der Waals surface area contributed by atoms with Crippen LogP contribution in [0, 0.1) is 0 Å². The fraction of sp³-hybridized carbons (Fsp3) is 0.167. The average Bonchev–Trinajstić information content (AvgIpc) is 2.30. The molecule has 0 radical (unpaired) electrons. The Morgan fingerprint density at radius 3 is 3.00 bits per heavy atom. The molecule has 0 N–H and O–H groups in total. The van der Waals surface area contributed by atoms with Gasteiger partial charge in [0.05, 0.1) is 0 Å². The molecule has 1 aliphatic heterocycles. The lowest BCUT2D eigenvalue weighted by Crippen LogP contribution is -2.19. The van der Waals surface area contributed by atoms with E-state index in [9.17, 15) is 0 Å². The van der Waals surface area contributed by atoms with Gasteiger partial charge in [-0.05, 0) is 11.6 Å². The second-order valence-corrected chi connectivity index (χ2v) is 3.74. The van der Waals surface area contributed by atoms with E-state index in [0.717, 1.165) is 12.2 Å². The van der Waals surface area contributed by atoms with Crippen molar-refractivity contribution in [3.8, 4) is 0 Å². The third-order valence-electron chi connectivity index (χ3n) is 2.82. The number of nitrogens with zero attached hydrogens (tertiary/aromatic N) is 3. The topological polar surface area (TPSA) is 29.0 Å². The summed E-state index contributed by atoms with van der Waals surface area (Å²) in [6.07, 6.45) is 4.43. The summed E-state index contributed by atoms with van der Waals surface area (Å²) in [5.74, 6) is 1.02. The SMILES string of the molecule is CN1c2ccccc2Cc2cncnc21. The van der Waals surface area contributed by atoms with Crippen LogP contribution in [-0.4, -0.2) is 17.0 Å². The minimum absolute atomic E-state index is 0.927. The summed E-state index contributed by atoms with van der Waals surface area (Å²) in [4.78, 5) is 10.5. The number of aromatic nitrogens is 2. The standard InChI is InChI=1S/C12H11N3/c1-15-11-5-3-2-4-9(11)6-10-7-13-8-14-12(10)15/h2-5,7-8H,6H2,1H3. The van der Waals surface area contributed by atoms with Crippen molar-refractivity contribution in [2.75, 3.05) is 11.9 Å². The van der Waals surface area contributed by atoms with Crippen molar-refractivity contribution in [1.29, 1.82) is 0 Å². The van der Waals surface area contributed by atoms with Gasteiger partial charge in [0, 0.05) is 30.9 Å².